The smallest absolute Gasteiger partial charge is 0.413 e. The van der Waals surface area contributed by atoms with Crippen LogP contribution in [-0.4, -0.2) is 32.2 Å². The van der Waals surface area contributed by atoms with E-state index in [1.165, 1.54) is 27.4 Å². The molecule has 8 nitrogen and oxygen atoms in total. The molecule has 0 radical (unpaired) electrons. The molecule has 33 heavy (non-hydrogen) atoms. The summed E-state index contributed by atoms with van der Waals surface area (Å²) in [7, 11) is 1.66. The molecule has 3 aromatic heterocycles. The third-order valence-corrected chi connectivity index (χ3v) is 7.82. The molecular formula is C23H18N4O4S2. The van der Waals surface area contributed by atoms with Crippen molar-refractivity contribution in [2.45, 2.75) is 24.9 Å². The zero-order valence-electron chi connectivity index (χ0n) is 17.5. The fraction of sp³-hybridized carbons (Fsp3) is 0.217. The maximum absolute atomic E-state index is 12.2. The Hall–Kier alpha value is -3.68. The summed E-state index contributed by atoms with van der Waals surface area (Å²) in [4.78, 5) is 25.5. The second-order valence-electron chi connectivity index (χ2n) is 7.68. The highest BCUT2D eigenvalue weighted by atomic mass is 32.1. The van der Waals surface area contributed by atoms with Crippen LogP contribution in [0.5, 0.6) is 0 Å². The number of benzene rings is 1. The van der Waals surface area contributed by atoms with Gasteiger partial charge in [-0.05, 0) is 42.4 Å². The SMILES string of the molecule is Cn1nnc(C#Cc2cc3sc(C4(C(=O)O)CC4)cc3s2)c1NC(=O)OCc1ccccc1. The molecule has 1 aliphatic rings. The first kappa shape index (κ1) is 21.2. The number of aliphatic carboxylic acids is 1. The molecule has 1 amide bonds. The summed E-state index contributed by atoms with van der Waals surface area (Å²) in [5.74, 6) is 5.63. The molecule has 0 bridgehead atoms. The number of carboxylic acids is 1. The number of aryl methyl sites for hydroxylation is 1. The van der Waals surface area contributed by atoms with Crippen molar-refractivity contribution < 1.29 is 19.4 Å². The Morgan fingerprint density at radius 2 is 1.94 bits per heavy atom. The highest BCUT2D eigenvalue weighted by Gasteiger charge is 2.53. The van der Waals surface area contributed by atoms with E-state index in [1.807, 2.05) is 42.5 Å². The van der Waals surface area contributed by atoms with Crippen LogP contribution in [-0.2, 0) is 28.6 Å². The van der Waals surface area contributed by atoms with Crippen LogP contribution in [0.2, 0.25) is 0 Å². The first-order valence-corrected chi connectivity index (χ1v) is 11.7. The number of anilines is 1. The summed E-state index contributed by atoms with van der Waals surface area (Å²) in [6.07, 6.45) is 0.766. The monoisotopic (exact) mass is 478 g/mol. The molecule has 166 valence electrons. The summed E-state index contributed by atoms with van der Waals surface area (Å²) in [5.41, 5.74) is 0.520. The van der Waals surface area contributed by atoms with Crippen LogP contribution in [0.1, 0.15) is 33.9 Å². The number of carbonyl (C=O) groups is 2. The van der Waals surface area contributed by atoms with Crippen molar-refractivity contribution in [1.29, 1.82) is 0 Å². The van der Waals surface area contributed by atoms with Crippen LogP contribution >= 0.6 is 22.7 Å². The molecular weight excluding hydrogens is 460 g/mol. The maximum Gasteiger partial charge on any atom is 0.413 e. The molecule has 0 atom stereocenters. The van der Waals surface area contributed by atoms with Crippen LogP contribution in [0.15, 0.2) is 42.5 Å². The molecule has 4 aromatic rings. The molecule has 0 saturated heterocycles. The predicted octanol–water partition coefficient (Wildman–Crippen LogP) is 4.36. The van der Waals surface area contributed by atoms with E-state index in [0.717, 1.165) is 24.7 Å². The average molecular weight is 479 g/mol. The lowest BCUT2D eigenvalue weighted by atomic mass is 10.1. The number of hydrogen-bond acceptors (Lipinski definition) is 7. The van der Waals surface area contributed by atoms with Gasteiger partial charge < -0.3 is 9.84 Å². The molecule has 2 N–H and O–H groups in total. The van der Waals surface area contributed by atoms with Crippen molar-refractivity contribution in [3.8, 4) is 11.8 Å². The van der Waals surface area contributed by atoms with E-state index in [-0.39, 0.29) is 6.61 Å². The minimum absolute atomic E-state index is 0.149. The molecule has 0 unspecified atom stereocenters. The molecule has 10 heteroatoms. The van der Waals surface area contributed by atoms with E-state index in [1.54, 1.807) is 7.05 Å². The van der Waals surface area contributed by atoms with Crippen molar-refractivity contribution in [2.24, 2.45) is 7.05 Å². The summed E-state index contributed by atoms with van der Waals surface area (Å²) >= 11 is 3.02. The van der Waals surface area contributed by atoms with E-state index in [0.29, 0.717) is 24.4 Å². The average Bonchev–Trinajstić information content (AvgIpc) is 3.24. The minimum Gasteiger partial charge on any atom is -0.481 e. The van der Waals surface area contributed by atoms with Gasteiger partial charge in [0, 0.05) is 21.3 Å². The van der Waals surface area contributed by atoms with Gasteiger partial charge in [-0.25, -0.2) is 9.48 Å². The molecule has 0 aliphatic heterocycles. The molecule has 3 heterocycles. The van der Waals surface area contributed by atoms with E-state index in [9.17, 15) is 14.7 Å². The van der Waals surface area contributed by atoms with Gasteiger partial charge in [-0.1, -0.05) is 35.5 Å². The Morgan fingerprint density at radius 3 is 2.64 bits per heavy atom. The number of rotatable bonds is 5. The van der Waals surface area contributed by atoms with Gasteiger partial charge in [0.15, 0.2) is 11.5 Å². The van der Waals surface area contributed by atoms with Gasteiger partial charge in [0.2, 0.25) is 0 Å². The van der Waals surface area contributed by atoms with Crippen LogP contribution in [0.3, 0.4) is 0 Å². The Balaban J connectivity index is 1.29. The normalized spacial score (nSPS) is 13.8. The molecule has 1 aromatic carbocycles. The van der Waals surface area contributed by atoms with Crippen molar-refractivity contribution in [3.63, 3.8) is 0 Å². The third kappa shape index (κ3) is 4.20. The molecule has 0 spiro atoms. The number of amides is 1. The molecule has 1 aliphatic carbocycles. The standard InChI is InChI=1S/C23H18N4O4S2/c1-27-20(24-22(30)31-13-14-5-3-2-4-6-14)16(25-26-27)8-7-15-11-17-18(32-15)12-19(33-17)23(9-10-23)21(28)29/h2-6,11-12H,9-10,13H2,1H3,(H,24,30)(H,28,29). The van der Waals surface area contributed by atoms with E-state index >= 15 is 0 Å². The summed E-state index contributed by atoms with van der Waals surface area (Å²) in [6.45, 7) is 0.149. The fourth-order valence-corrected chi connectivity index (χ4v) is 5.87. The number of aromatic nitrogens is 3. The van der Waals surface area contributed by atoms with E-state index < -0.39 is 17.5 Å². The van der Waals surface area contributed by atoms with Gasteiger partial charge in [-0.3, -0.25) is 10.1 Å². The highest BCUT2D eigenvalue weighted by molar-refractivity contribution is 7.28. The zero-order valence-corrected chi connectivity index (χ0v) is 19.1. The lowest BCUT2D eigenvalue weighted by Crippen LogP contribution is -2.17. The van der Waals surface area contributed by atoms with Gasteiger partial charge in [-0.2, -0.15) is 0 Å². The van der Waals surface area contributed by atoms with Crippen molar-refractivity contribution in [2.75, 3.05) is 5.32 Å². The van der Waals surface area contributed by atoms with Gasteiger partial charge in [-0.15, -0.1) is 27.8 Å². The first-order valence-electron chi connectivity index (χ1n) is 10.1. The van der Waals surface area contributed by atoms with Crippen molar-refractivity contribution in [3.05, 3.63) is 63.5 Å². The van der Waals surface area contributed by atoms with E-state index in [2.05, 4.69) is 27.5 Å². The van der Waals surface area contributed by atoms with Gasteiger partial charge in [0.25, 0.3) is 0 Å². The van der Waals surface area contributed by atoms with Gasteiger partial charge in [0.1, 0.15) is 12.0 Å². The number of thiophene rings is 2. The molecule has 5 rings (SSSR count). The molecule has 1 fully saturated rings. The summed E-state index contributed by atoms with van der Waals surface area (Å²) < 4.78 is 8.73. The number of carbonyl (C=O) groups excluding carboxylic acids is 1. The summed E-state index contributed by atoms with van der Waals surface area (Å²) in [6, 6.07) is 13.3. The van der Waals surface area contributed by atoms with E-state index in [4.69, 9.17) is 4.74 Å². The number of hydrogen-bond donors (Lipinski definition) is 2. The minimum atomic E-state index is -0.749. The number of nitrogens with one attached hydrogen (secondary N) is 1. The number of carboxylic acid groups (broad SMARTS) is 1. The topological polar surface area (TPSA) is 106 Å². The van der Waals surface area contributed by atoms with Crippen LogP contribution < -0.4 is 5.32 Å². The van der Waals surface area contributed by atoms with Crippen LogP contribution in [0.25, 0.3) is 9.40 Å². The zero-order chi connectivity index (χ0) is 23.0. The van der Waals surface area contributed by atoms with Crippen LogP contribution in [0, 0.1) is 11.8 Å². The Kier molecular flexibility index (Phi) is 5.36. The largest absolute Gasteiger partial charge is 0.481 e. The number of nitrogens with zero attached hydrogens (tertiary/aromatic N) is 3. The third-order valence-electron chi connectivity index (χ3n) is 5.40. The lowest BCUT2D eigenvalue weighted by molar-refractivity contribution is -0.139. The first-order chi connectivity index (χ1) is 15.9. The second kappa shape index (κ2) is 8.35. The number of fused-ring (bicyclic) bond motifs is 1. The highest BCUT2D eigenvalue weighted by Crippen LogP contribution is 2.52. The quantitative estimate of drug-likeness (QED) is 0.413. The van der Waals surface area contributed by atoms with Crippen molar-refractivity contribution in [1.82, 2.24) is 15.0 Å². The Morgan fingerprint density at radius 1 is 1.18 bits per heavy atom. The summed E-state index contributed by atoms with van der Waals surface area (Å²) in [5, 5.41) is 20.1. The molecule has 1 saturated carbocycles. The van der Waals surface area contributed by atoms with Gasteiger partial charge in [0.05, 0.1) is 4.88 Å². The number of ether oxygens (including phenoxy) is 1. The Labute approximate surface area is 196 Å². The fourth-order valence-electron chi connectivity index (χ4n) is 3.38. The predicted molar refractivity (Wildman–Crippen MR) is 125 cm³/mol. The maximum atomic E-state index is 12.2. The lowest BCUT2D eigenvalue weighted by Gasteiger charge is -2.07. The van der Waals surface area contributed by atoms with Crippen LogP contribution in [0.4, 0.5) is 10.6 Å². The van der Waals surface area contributed by atoms with Crippen molar-refractivity contribution >= 4 is 50.0 Å². The second-order valence-corrected chi connectivity index (χ2v) is 9.85. The Bertz CT molecular complexity index is 1390. The van der Waals surface area contributed by atoms with Gasteiger partial charge >= 0.3 is 12.1 Å².